The number of rotatable bonds is 3. The van der Waals surface area contributed by atoms with E-state index in [4.69, 9.17) is 0 Å². The van der Waals surface area contributed by atoms with Crippen LogP contribution in [0, 0.1) is 10.8 Å². The van der Waals surface area contributed by atoms with E-state index in [1.54, 1.807) is 0 Å². The van der Waals surface area contributed by atoms with Crippen LogP contribution in [0.2, 0.25) is 0 Å². The van der Waals surface area contributed by atoms with Crippen molar-refractivity contribution >= 4 is 0 Å². The van der Waals surface area contributed by atoms with Gasteiger partial charge in [-0.1, -0.05) is 70.5 Å². The maximum absolute atomic E-state index is 10.5. The molecule has 4 rings (SSSR count). The first-order valence-electron chi connectivity index (χ1n) is 11.2. The summed E-state index contributed by atoms with van der Waals surface area (Å²) < 4.78 is 0. The summed E-state index contributed by atoms with van der Waals surface area (Å²) in [5.74, 6) is 1.20. The van der Waals surface area contributed by atoms with Crippen molar-refractivity contribution in [2.24, 2.45) is 10.8 Å². The molecular formula is C25H38N2O. The second-order valence-corrected chi connectivity index (χ2v) is 10.6. The SMILES string of the molecule is CC(C)c1ccc(C2CNC(N3CC=C4C(C)(CCC(O)C4(C)C)C3)C2)cc1. The number of benzene rings is 1. The smallest absolute Gasteiger partial charge is 0.0628 e. The fourth-order valence-electron chi connectivity index (χ4n) is 5.94. The summed E-state index contributed by atoms with van der Waals surface area (Å²) in [5.41, 5.74) is 4.48. The van der Waals surface area contributed by atoms with Crippen LogP contribution in [0.5, 0.6) is 0 Å². The number of aliphatic hydroxyl groups is 1. The van der Waals surface area contributed by atoms with Crippen molar-refractivity contribution in [3.63, 3.8) is 0 Å². The van der Waals surface area contributed by atoms with Gasteiger partial charge in [0.25, 0.3) is 0 Å². The van der Waals surface area contributed by atoms with Crippen LogP contribution in [0.25, 0.3) is 0 Å². The van der Waals surface area contributed by atoms with E-state index in [0.29, 0.717) is 18.0 Å². The molecule has 1 aromatic rings. The zero-order chi connectivity index (χ0) is 20.1. The van der Waals surface area contributed by atoms with Crippen molar-refractivity contribution in [1.29, 1.82) is 0 Å². The Balaban J connectivity index is 1.45. The lowest BCUT2D eigenvalue weighted by Crippen LogP contribution is -2.55. The lowest BCUT2D eigenvalue weighted by molar-refractivity contribution is -0.00811. The predicted octanol–water partition coefficient (Wildman–Crippen LogP) is 4.64. The van der Waals surface area contributed by atoms with Crippen molar-refractivity contribution in [2.45, 2.75) is 78.0 Å². The van der Waals surface area contributed by atoms with E-state index in [2.05, 4.69) is 75.2 Å². The Bertz CT molecular complexity index is 735. The van der Waals surface area contributed by atoms with Crippen molar-refractivity contribution in [3.8, 4) is 0 Å². The quantitative estimate of drug-likeness (QED) is 0.748. The fourth-order valence-corrected chi connectivity index (χ4v) is 5.94. The normalized spacial score (nSPS) is 35.7. The number of fused-ring (bicyclic) bond motifs is 1. The molecule has 0 radical (unpaired) electrons. The average molecular weight is 383 g/mol. The highest BCUT2D eigenvalue weighted by molar-refractivity contribution is 5.30. The maximum Gasteiger partial charge on any atom is 0.0628 e. The molecule has 3 aliphatic rings. The van der Waals surface area contributed by atoms with E-state index < -0.39 is 0 Å². The van der Waals surface area contributed by atoms with Crippen molar-refractivity contribution in [1.82, 2.24) is 10.2 Å². The largest absolute Gasteiger partial charge is 0.392 e. The van der Waals surface area contributed by atoms with Gasteiger partial charge in [-0.25, -0.2) is 0 Å². The summed E-state index contributed by atoms with van der Waals surface area (Å²) in [6.07, 6.45) is 5.87. The summed E-state index contributed by atoms with van der Waals surface area (Å²) in [6, 6.07) is 9.29. The first-order valence-corrected chi connectivity index (χ1v) is 11.2. The highest BCUT2D eigenvalue weighted by Gasteiger charge is 2.49. The van der Waals surface area contributed by atoms with Gasteiger partial charge < -0.3 is 10.4 Å². The molecule has 1 saturated carbocycles. The van der Waals surface area contributed by atoms with Gasteiger partial charge in [-0.15, -0.1) is 0 Å². The first-order chi connectivity index (χ1) is 13.2. The van der Waals surface area contributed by atoms with Gasteiger partial charge in [0.2, 0.25) is 0 Å². The van der Waals surface area contributed by atoms with Gasteiger partial charge in [0, 0.05) is 30.5 Å². The minimum absolute atomic E-state index is 0.0944. The van der Waals surface area contributed by atoms with E-state index in [1.165, 1.54) is 23.1 Å². The zero-order valence-corrected chi connectivity index (χ0v) is 18.3. The predicted molar refractivity (Wildman–Crippen MR) is 116 cm³/mol. The third kappa shape index (κ3) is 3.46. The molecule has 2 N–H and O–H groups in total. The van der Waals surface area contributed by atoms with Gasteiger partial charge in [0.15, 0.2) is 0 Å². The molecular weight excluding hydrogens is 344 g/mol. The fraction of sp³-hybridized carbons (Fsp3) is 0.680. The second-order valence-electron chi connectivity index (χ2n) is 10.6. The first kappa shape index (κ1) is 20.1. The Morgan fingerprint density at radius 3 is 2.54 bits per heavy atom. The van der Waals surface area contributed by atoms with Crippen LogP contribution in [-0.4, -0.2) is 41.9 Å². The Morgan fingerprint density at radius 1 is 1.14 bits per heavy atom. The van der Waals surface area contributed by atoms with Gasteiger partial charge in [0.05, 0.1) is 12.3 Å². The lowest BCUT2D eigenvalue weighted by atomic mass is 9.58. The third-order valence-corrected chi connectivity index (χ3v) is 7.85. The molecule has 0 amide bonds. The van der Waals surface area contributed by atoms with Gasteiger partial charge in [0.1, 0.15) is 0 Å². The number of nitrogens with zero attached hydrogens (tertiary/aromatic N) is 1. The molecule has 2 heterocycles. The van der Waals surface area contributed by atoms with E-state index in [1.807, 2.05) is 0 Å². The molecule has 3 nitrogen and oxygen atoms in total. The molecule has 0 spiro atoms. The van der Waals surface area contributed by atoms with Crippen LogP contribution in [0.3, 0.4) is 0 Å². The summed E-state index contributed by atoms with van der Waals surface area (Å²) in [7, 11) is 0. The molecule has 154 valence electrons. The molecule has 3 heteroatoms. The van der Waals surface area contributed by atoms with Gasteiger partial charge in [-0.2, -0.15) is 0 Å². The second kappa shape index (κ2) is 7.27. The summed E-state index contributed by atoms with van der Waals surface area (Å²) in [6.45, 7) is 14.5. The molecule has 28 heavy (non-hydrogen) atoms. The topological polar surface area (TPSA) is 35.5 Å². The minimum atomic E-state index is -0.207. The van der Waals surface area contributed by atoms with Crippen molar-refractivity contribution in [2.75, 3.05) is 19.6 Å². The van der Waals surface area contributed by atoms with Gasteiger partial charge in [-0.05, 0) is 42.2 Å². The summed E-state index contributed by atoms with van der Waals surface area (Å²) in [5, 5.41) is 14.3. The number of aliphatic hydroxyl groups excluding tert-OH is 1. The molecule has 2 fully saturated rings. The molecule has 1 saturated heterocycles. The number of hydrogen-bond acceptors (Lipinski definition) is 3. The number of hydrogen-bond donors (Lipinski definition) is 2. The molecule has 2 aliphatic heterocycles. The molecule has 0 aromatic heterocycles. The van der Waals surface area contributed by atoms with Crippen LogP contribution in [-0.2, 0) is 0 Å². The van der Waals surface area contributed by atoms with Gasteiger partial charge >= 0.3 is 0 Å². The van der Waals surface area contributed by atoms with Gasteiger partial charge in [-0.3, -0.25) is 4.90 Å². The van der Waals surface area contributed by atoms with E-state index in [-0.39, 0.29) is 16.9 Å². The van der Waals surface area contributed by atoms with Crippen LogP contribution < -0.4 is 5.32 Å². The van der Waals surface area contributed by atoms with E-state index in [0.717, 1.165) is 32.5 Å². The monoisotopic (exact) mass is 382 g/mol. The molecule has 4 atom stereocenters. The summed E-state index contributed by atoms with van der Waals surface area (Å²) >= 11 is 0. The average Bonchev–Trinajstić information content (AvgIpc) is 3.15. The third-order valence-electron chi connectivity index (χ3n) is 7.85. The van der Waals surface area contributed by atoms with Crippen LogP contribution in [0.15, 0.2) is 35.9 Å². The maximum atomic E-state index is 10.5. The standard InChI is InChI=1S/C25H38N2O/c1-17(2)18-6-8-19(9-7-18)20-14-23(26-15-20)27-13-11-21-24(3,4)22(28)10-12-25(21,5)16-27/h6-9,11,17,20,22-23,26,28H,10,12-16H2,1-5H3. The highest BCUT2D eigenvalue weighted by Crippen LogP contribution is 2.52. The summed E-state index contributed by atoms with van der Waals surface area (Å²) in [4.78, 5) is 2.64. The molecule has 0 bridgehead atoms. The molecule has 1 aliphatic carbocycles. The van der Waals surface area contributed by atoms with Crippen LogP contribution in [0.1, 0.15) is 76.8 Å². The minimum Gasteiger partial charge on any atom is -0.392 e. The zero-order valence-electron chi connectivity index (χ0n) is 18.3. The Labute approximate surface area is 171 Å². The highest BCUT2D eigenvalue weighted by atomic mass is 16.3. The number of nitrogens with one attached hydrogen (secondary N) is 1. The molecule has 1 aromatic carbocycles. The Hall–Kier alpha value is -1.16. The van der Waals surface area contributed by atoms with Crippen LogP contribution >= 0.6 is 0 Å². The lowest BCUT2D eigenvalue weighted by Gasteiger charge is -2.53. The Kier molecular flexibility index (Phi) is 5.22. The molecule has 4 unspecified atom stereocenters. The van der Waals surface area contributed by atoms with Crippen molar-refractivity contribution in [3.05, 3.63) is 47.0 Å². The van der Waals surface area contributed by atoms with Crippen LogP contribution in [0.4, 0.5) is 0 Å². The van der Waals surface area contributed by atoms with E-state index >= 15 is 0 Å². The Morgan fingerprint density at radius 2 is 1.86 bits per heavy atom. The van der Waals surface area contributed by atoms with Crippen molar-refractivity contribution < 1.29 is 5.11 Å². The van der Waals surface area contributed by atoms with E-state index in [9.17, 15) is 5.11 Å².